The summed E-state index contributed by atoms with van der Waals surface area (Å²) in [6.07, 6.45) is 0. The lowest BCUT2D eigenvalue weighted by atomic mass is 10.3. The van der Waals surface area contributed by atoms with Crippen molar-refractivity contribution in [3.63, 3.8) is 0 Å². The first kappa shape index (κ1) is 21.2. The normalized spacial score (nSPS) is 11.9. The van der Waals surface area contributed by atoms with Gasteiger partial charge in [-0.25, -0.2) is 4.79 Å². The highest BCUT2D eigenvalue weighted by atomic mass is 35.5. The van der Waals surface area contributed by atoms with E-state index in [2.05, 4.69) is 36.4 Å². The summed E-state index contributed by atoms with van der Waals surface area (Å²) in [6.45, 7) is 4.26. The number of ether oxygens (including phenoxy) is 1. The average Bonchev–Trinajstić information content (AvgIpc) is 2.71. The number of hydrogen-bond donors (Lipinski definition) is 0. The molecule has 1 unspecified atom stereocenters. The van der Waals surface area contributed by atoms with Crippen LogP contribution in [0.5, 0.6) is 0 Å². The van der Waals surface area contributed by atoms with Crippen molar-refractivity contribution in [2.45, 2.75) is 19.5 Å². The molecule has 0 bridgehead atoms. The Morgan fingerprint density at radius 3 is 1.41 bits per heavy atom. The van der Waals surface area contributed by atoms with Gasteiger partial charge in [0, 0.05) is 0 Å². The van der Waals surface area contributed by atoms with Crippen LogP contribution in [0.4, 0.5) is 0 Å². The molecule has 4 heteroatoms. The van der Waals surface area contributed by atoms with Crippen LogP contribution in [-0.2, 0) is 9.53 Å². The number of halogens is 1. The Hall–Kier alpha value is -2.15. The molecule has 3 aromatic rings. The van der Waals surface area contributed by atoms with E-state index in [-0.39, 0.29) is 24.0 Å². The second kappa shape index (κ2) is 9.69. The van der Waals surface area contributed by atoms with Crippen molar-refractivity contribution in [3.05, 3.63) is 91.0 Å². The van der Waals surface area contributed by atoms with Gasteiger partial charge < -0.3 is 17.1 Å². The minimum absolute atomic E-state index is 0. The van der Waals surface area contributed by atoms with Crippen LogP contribution in [0.15, 0.2) is 91.0 Å². The molecule has 2 nitrogen and oxygen atoms in total. The quantitative estimate of drug-likeness (QED) is 0.456. The molecule has 140 valence electrons. The van der Waals surface area contributed by atoms with Crippen molar-refractivity contribution in [1.82, 2.24) is 0 Å². The van der Waals surface area contributed by atoms with Gasteiger partial charge >= 0.3 is 5.97 Å². The molecular weight excluding hydrogens is 375 g/mol. The zero-order valence-corrected chi connectivity index (χ0v) is 17.2. The van der Waals surface area contributed by atoms with Crippen molar-refractivity contribution >= 4 is 29.1 Å². The zero-order chi connectivity index (χ0) is 18.4. The monoisotopic (exact) mass is 398 g/mol. The number of hydrogen-bond acceptors (Lipinski definition) is 2. The first-order valence-electron chi connectivity index (χ1n) is 8.93. The molecule has 0 N–H and O–H groups in total. The van der Waals surface area contributed by atoms with E-state index in [1.54, 1.807) is 0 Å². The summed E-state index contributed by atoms with van der Waals surface area (Å²) < 4.78 is 5.46. The predicted octanol–water partition coefficient (Wildman–Crippen LogP) is 0.936. The Labute approximate surface area is 168 Å². The minimum atomic E-state index is -2.20. The highest BCUT2D eigenvalue weighted by molar-refractivity contribution is 7.96. The maximum absolute atomic E-state index is 12.9. The van der Waals surface area contributed by atoms with Gasteiger partial charge in [0.25, 0.3) is 0 Å². The van der Waals surface area contributed by atoms with Crippen LogP contribution in [-0.4, -0.2) is 18.2 Å². The van der Waals surface area contributed by atoms with Gasteiger partial charge in [-0.15, -0.1) is 0 Å². The van der Waals surface area contributed by atoms with E-state index in [1.165, 1.54) is 15.9 Å². The SMILES string of the molecule is CCOC(=O)C(C)[P+](c1ccccc1)(c1ccccc1)c1ccccc1.[Cl-]. The number of esters is 1. The fourth-order valence-electron chi connectivity index (χ4n) is 3.53. The molecule has 0 aliphatic heterocycles. The molecule has 0 aliphatic carbocycles. The maximum atomic E-state index is 12.9. The van der Waals surface area contributed by atoms with E-state index in [1.807, 2.05) is 68.4 Å². The molecule has 0 saturated heterocycles. The summed E-state index contributed by atoms with van der Waals surface area (Å²) >= 11 is 0. The first-order valence-corrected chi connectivity index (χ1v) is 10.8. The summed E-state index contributed by atoms with van der Waals surface area (Å²) in [6, 6.07) is 31.2. The fraction of sp³-hybridized carbons (Fsp3) is 0.174. The molecule has 0 saturated carbocycles. The Morgan fingerprint density at radius 2 is 1.11 bits per heavy atom. The predicted molar refractivity (Wildman–Crippen MR) is 111 cm³/mol. The van der Waals surface area contributed by atoms with Gasteiger partial charge in [-0.2, -0.15) is 0 Å². The first-order chi connectivity index (χ1) is 12.7. The lowest BCUT2D eigenvalue weighted by molar-refractivity contribution is -0.142. The molecule has 0 radical (unpaired) electrons. The van der Waals surface area contributed by atoms with Gasteiger partial charge in [0.15, 0.2) is 5.66 Å². The van der Waals surface area contributed by atoms with Gasteiger partial charge in [-0.05, 0) is 50.2 Å². The zero-order valence-electron chi connectivity index (χ0n) is 15.6. The maximum Gasteiger partial charge on any atom is 0.347 e. The van der Waals surface area contributed by atoms with Crippen molar-refractivity contribution in [1.29, 1.82) is 0 Å². The molecule has 0 fully saturated rings. The van der Waals surface area contributed by atoms with Crippen molar-refractivity contribution in [3.8, 4) is 0 Å². The van der Waals surface area contributed by atoms with Gasteiger partial charge in [-0.3, -0.25) is 0 Å². The van der Waals surface area contributed by atoms with Crippen LogP contribution in [0.2, 0.25) is 0 Å². The highest BCUT2D eigenvalue weighted by Crippen LogP contribution is 2.59. The Morgan fingerprint density at radius 1 is 0.778 bits per heavy atom. The smallest absolute Gasteiger partial charge is 0.347 e. The largest absolute Gasteiger partial charge is 1.00 e. The van der Waals surface area contributed by atoms with Crippen molar-refractivity contribution < 1.29 is 21.9 Å². The summed E-state index contributed by atoms with van der Waals surface area (Å²) in [7, 11) is -2.20. The van der Waals surface area contributed by atoms with Crippen LogP contribution in [0, 0.1) is 0 Å². The van der Waals surface area contributed by atoms with Crippen molar-refractivity contribution in [2.24, 2.45) is 0 Å². The molecule has 0 aliphatic rings. The highest BCUT2D eigenvalue weighted by Gasteiger charge is 2.54. The van der Waals surface area contributed by atoms with E-state index in [4.69, 9.17) is 4.74 Å². The fourth-order valence-corrected chi connectivity index (χ4v) is 8.08. The molecule has 3 rings (SSSR count). The number of carbonyl (C=O) groups is 1. The summed E-state index contributed by atoms with van der Waals surface area (Å²) in [5.41, 5.74) is -0.269. The standard InChI is InChI=1S/C23H24O2P.ClH/c1-3-25-23(24)19(2)26(20-13-7-4-8-14-20,21-15-9-5-10-16-21)22-17-11-6-12-18-22;/h4-19H,3H2,1-2H3;1H/q+1;/p-1. The summed E-state index contributed by atoms with van der Waals surface area (Å²) in [5, 5.41) is 3.58. The molecule has 3 aromatic carbocycles. The number of benzene rings is 3. The van der Waals surface area contributed by atoms with E-state index in [0.717, 1.165) is 0 Å². The average molecular weight is 399 g/mol. The van der Waals surface area contributed by atoms with Crippen molar-refractivity contribution in [2.75, 3.05) is 6.61 Å². The van der Waals surface area contributed by atoms with Crippen LogP contribution < -0.4 is 28.3 Å². The van der Waals surface area contributed by atoms with Crippen LogP contribution in [0.1, 0.15) is 13.8 Å². The molecular formula is C23H24ClO2P. The molecule has 0 amide bonds. The third-order valence-corrected chi connectivity index (χ3v) is 9.41. The van der Waals surface area contributed by atoms with E-state index < -0.39 is 7.26 Å². The van der Waals surface area contributed by atoms with Crippen LogP contribution in [0.25, 0.3) is 0 Å². The van der Waals surface area contributed by atoms with Gasteiger partial charge in [0.05, 0.1) is 6.61 Å². The lowest BCUT2D eigenvalue weighted by Gasteiger charge is -2.31. The third kappa shape index (κ3) is 4.08. The molecule has 0 spiro atoms. The number of carbonyl (C=O) groups excluding carboxylic acids is 1. The van der Waals surface area contributed by atoms with Gasteiger partial charge in [0.1, 0.15) is 23.2 Å². The Balaban J connectivity index is 0.00000261. The van der Waals surface area contributed by atoms with Gasteiger partial charge in [0.2, 0.25) is 0 Å². The third-order valence-electron chi connectivity index (χ3n) is 4.70. The summed E-state index contributed by atoms with van der Waals surface area (Å²) in [5.74, 6) is -0.141. The topological polar surface area (TPSA) is 26.3 Å². The Kier molecular flexibility index (Phi) is 7.59. The second-order valence-corrected chi connectivity index (χ2v) is 9.93. The molecule has 0 heterocycles. The number of rotatable bonds is 6. The van der Waals surface area contributed by atoms with Crippen LogP contribution >= 0.6 is 7.26 Å². The van der Waals surface area contributed by atoms with E-state index >= 15 is 0 Å². The minimum Gasteiger partial charge on any atom is -1.00 e. The second-order valence-electron chi connectivity index (χ2n) is 6.16. The van der Waals surface area contributed by atoms with Gasteiger partial charge in [-0.1, -0.05) is 54.6 Å². The van der Waals surface area contributed by atoms with E-state index in [9.17, 15) is 4.79 Å². The molecule has 1 atom stereocenters. The molecule has 0 aromatic heterocycles. The summed E-state index contributed by atoms with van der Waals surface area (Å²) in [4.78, 5) is 12.9. The molecule has 27 heavy (non-hydrogen) atoms. The van der Waals surface area contributed by atoms with E-state index in [0.29, 0.717) is 6.61 Å². The van der Waals surface area contributed by atoms with Crippen LogP contribution in [0.3, 0.4) is 0 Å². The Bertz CT molecular complexity index is 741. The lowest BCUT2D eigenvalue weighted by Crippen LogP contribution is -3.00.